The molecule has 0 aromatic heterocycles. The monoisotopic (exact) mass is 361 g/mol. The highest BCUT2D eigenvalue weighted by molar-refractivity contribution is 6.30. The molecule has 25 heavy (non-hydrogen) atoms. The van der Waals surface area contributed by atoms with Crippen molar-refractivity contribution in [1.29, 1.82) is 0 Å². The SMILES string of the molecule is CC(NC(=O)N1CCN(c2ccccc2F)CC1)c1ccc(Cl)cc1. The van der Waals surface area contributed by atoms with Crippen molar-refractivity contribution in [3.63, 3.8) is 0 Å². The van der Waals surface area contributed by atoms with Crippen LogP contribution in [0.1, 0.15) is 18.5 Å². The van der Waals surface area contributed by atoms with Gasteiger partial charge in [-0.25, -0.2) is 9.18 Å². The van der Waals surface area contributed by atoms with E-state index in [1.807, 2.05) is 42.2 Å². The van der Waals surface area contributed by atoms with Crippen molar-refractivity contribution in [2.24, 2.45) is 0 Å². The lowest BCUT2D eigenvalue weighted by Gasteiger charge is -2.36. The topological polar surface area (TPSA) is 35.6 Å². The molecule has 2 aromatic carbocycles. The molecule has 1 heterocycles. The van der Waals surface area contributed by atoms with Gasteiger partial charge in [-0.05, 0) is 36.8 Å². The van der Waals surface area contributed by atoms with E-state index in [4.69, 9.17) is 11.6 Å². The fourth-order valence-electron chi connectivity index (χ4n) is 2.97. The number of para-hydroxylation sites is 1. The molecule has 1 fully saturated rings. The second-order valence-corrected chi connectivity index (χ2v) is 6.58. The van der Waals surface area contributed by atoms with Gasteiger partial charge in [0.05, 0.1) is 11.7 Å². The van der Waals surface area contributed by atoms with E-state index in [9.17, 15) is 9.18 Å². The number of nitrogens with one attached hydrogen (secondary N) is 1. The van der Waals surface area contributed by atoms with Crippen LogP contribution < -0.4 is 10.2 Å². The van der Waals surface area contributed by atoms with E-state index in [1.165, 1.54) is 6.07 Å². The van der Waals surface area contributed by atoms with Gasteiger partial charge >= 0.3 is 6.03 Å². The van der Waals surface area contributed by atoms with Gasteiger partial charge in [0.2, 0.25) is 0 Å². The zero-order valence-corrected chi connectivity index (χ0v) is 14.8. The van der Waals surface area contributed by atoms with Gasteiger partial charge in [0.25, 0.3) is 0 Å². The maximum Gasteiger partial charge on any atom is 0.317 e. The first-order chi connectivity index (χ1) is 12.0. The molecule has 1 unspecified atom stereocenters. The molecule has 1 saturated heterocycles. The van der Waals surface area contributed by atoms with Crippen LogP contribution in [0.2, 0.25) is 5.02 Å². The smallest absolute Gasteiger partial charge is 0.317 e. The Balaban J connectivity index is 1.55. The number of urea groups is 1. The molecule has 2 amide bonds. The summed E-state index contributed by atoms with van der Waals surface area (Å²) in [5.41, 5.74) is 1.60. The molecule has 132 valence electrons. The average Bonchev–Trinajstić information content (AvgIpc) is 2.63. The van der Waals surface area contributed by atoms with Gasteiger partial charge < -0.3 is 15.1 Å². The molecule has 1 atom stereocenters. The standard InChI is InChI=1S/C19H21ClFN3O/c1-14(15-6-8-16(20)9-7-15)22-19(25)24-12-10-23(11-13-24)18-5-3-2-4-17(18)21/h2-9,14H,10-13H2,1H3,(H,22,25). The summed E-state index contributed by atoms with van der Waals surface area (Å²) in [5, 5.41) is 3.68. The molecule has 4 nitrogen and oxygen atoms in total. The van der Waals surface area contributed by atoms with E-state index >= 15 is 0 Å². The minimum atomic E-state index is -0.225. The highest BCUT2D eigenvalue weighted by atomic mass is 35.5. The van der Waals surface area contributed by atoms with Crippen LogP contribution in [0.5, 0.6) is 0 Å². The Morgan fingerprint density at radius 2 is 1.72 bits per heavy atom. The van der Waals surface area contributed by atoms with E-state index in [-0.39, 0.29) is 17.9 Å². The molecule has 0 radical (unpaired) electrons. The quantitative estimate of drug-likeness (QED) is 0.894. The summed E-state index contributed by atoms with van der Waals surface area (Å²) >= 11 is 5.89. The molecule has 1 N–H and O–H groups in total. The Bertz CT molecular complexity index is 730. The number of anilines is 1. The Morgan fingerprint density at radius 3 is 2.36 bits per heavy atom. The molecule has 0 bridgehead atoms. The summed E-state index contributed by atoms with van der Waals surface area (Å²) in [6.45, 7) is 4.30. The van der Waals surface area contributed by atoms with Gasteiger partial charge in [0.1, 0.15) is 5.82 Å². The van der Waals surface area contributed by atoms with Crippen LogP contribution in [0.4, 0.5) is 14.9 Å². The van der Waals surface area contributed by atoms with Crippen LogP contribution in [0, 0.1) is 5.82 Å². The molecule has 0 spiro atoms. The van der Waals surface area contributed by atoms with E-state index in [0.29, 0.717) is 36.9 Å². The van der Waals surface area contributed by atoms with Crippen LogP contribution in [0.3, 0.4) is 0 Å². The third-order valence-electron chi connectivity index (χ3n) is 4.47. The summed E-state index contributed by atoms with van der Waals surface area (Å²) in [4.78, 5) is 16.2. The summed E-state index contributed by atoms with van der Waals surface area (Å²) < 4.78 is 13.9. The molecular weight excluding hydrogens is 341 g/mol. The molecule has 1 aliphatic rings. The lowest BCUT2D eigenvalue weighted by Crippen LogP contribution is -2.52. The summed E-state index contributed by atoms with van der Waals surface area (Å²) in [5.74, 6) is -0.225. The molecule has 0 saturated carbocycles. The molecule has 0 aliphatic carbocycles. The zero-order valence-electron chi connectivity index (χ0n) is 14.1. The van der Waals surface area contributed by atoms with Crippen molar-refractivity contribution in [2.45, 2.75) is 13.0 Å². The van der Waals surface area contributed by atoms with E-state index in [2.05, 4.69) is 5.32 Å². The Hall–Kier alpha value is -2.27. The number of piperazine rings is 1. The fraction of sp³-hybridized carbons (Fsp3) is 0.316. The second-order valence-electron chi connectivity index (χ2n) is 6.15. The van der Waals surface area contributed by atoms with Crippen molar-refractivity contribution >= 4 is 23.3 Å². The third-order valence-corrected chi connectivity index (χ3v) is 4.72. The predicted octanol–water partition coefficient (Wildman–Crippen LogP) is 4.07. The van der Waals surface area contributed by atoms with Crippen molar-refractivity contribution in [1.82, 2.24) is 10.2 Å². The maximum absolute atomic E-state index is 13.9. The Morgan fingerprint density at radius 1 is 1.08 bits per heavy atom. The normalized spacial score (nSPS) is 15.8. The maximum atomic E-state index is 13.9. The number of carbonyl (C=O) groups excluding carboxylic acids is 1. The summed E-state index contributed by atoms with van der Waals surface area (Å²) in [7, 11) is 0. The average molecular weight is 362 g/mol. The van der Waals surface area contributed by atoms with Crippen molar-refractivity contribution < 1.29 is 9.18 Å². The lowest BCUT2D eigenvalue weighted by atomic mass is 10.1. The van der Waals surface area contributed by atoms with Crippen LogP contribution in [-0.4, -0.2) is 37.1 Å². The molecular formula is C19H21ClFN3O. The Labute approximate surface area is 152 Å². The number of benzene rings is 2. The fourth-order valence-corrected chi connectivity index (χ4v) is 3.10. The first-order valence-corrected chi connectivity index (χ1v) is 8.73. The first kappa shape index (κ1) is 17.5. The Kier molecular flexibility index (Phi) is 5.43. The van der Waals surface area contributed by atoms with Gasteiger partial charge in [-0.1, -0.05) is 35.9 Å². The highest BCUT2D eigenvalue weighted by Crippen LogP contribution is 2.21. The highest BCUT2D eigenvalue weighted by Gasteiger charge is 2.23. The van der Waals surface area contributed by atoms with Crippen molar-refractivity contribution in [3.8, 4) is 0 Å². The number of nitrogens with zero attached hydrogens (tertiary/aromatic N) is 2. The van der Waals surface area contributed by atoms with Crippen LogP contribution >= 0.6 is 11.6 Å². The largest absolute Gasteiger partial charge is 0.366 e. The van der Waals surface area contributed by atoms with E-state index < -0.39 is 0 Å². The van der Waals surface area contributed by atoms with E-state index in [0.717, 1.165) is 5.56 Å². The zero-order chi connectivity index (χ0) is 17.8. The van der Waals surface area contributed by atoms with Crippen LogP contribution in [0.15, 0.2) is 48.5 Å². The molecule has 3 rings (SSSR count). The van der Waals surface area contributed by atoms with Crippen LogP contribution in [-0.2, 0) is 0 Å². The minimum absolute atomic E-state index is 0.101. The number of halogens is 2. The first-order valence-electron chi connectivity index (χ1n) is 8.35. The van der Waals surface area contributed by atoms with Gasteiger partial charge in [-0.15, -0.1) is 0 Å². The van der Waals surface area contributed by atoms with Gasteiger partial charge in [-0.3, -0.25) is 0 Å². The summed E-state index contributed by atoms with van der Waals surface area (Å²) in [6.07, 6.45) is 0. The number of carbonyl (C=O) groups is 1. The van der Waals surface area contributed by atoms with Gasteiger partial charge in [-0.2, -0.15) is 0 Å². The van der Waals surface area contributed by atoms with Gasteiger partial charge in [0, 0.05) is 31.2 Å². The van der Waals surface area contributed by atoms with Crippen molar-refractivity contribution in [3.05, 3.63) is 64.9 Å². The summed E-state index contributed by atoms with van der Waals surface area (Å²) in [6, 6.07) is 14.0. The lowest BCUT2D eigenvalue weighted by molar-refractivity contribution is 0.191. The number of amides is 2. The van der Waals surface area contributed by atoms with Gasteiger partial charge in [0.15, 0.2) is 0 Å². The number of hydrogen-bond acceptors (Lipinski definition) is 2. The predicted molar refractivity (Wildman–Crippen MR) is 98.6 cm³/mol. The minimum Gasteiger partial charge on any atom is -0.366 e. The molecule has 1 aliphatic heterocycles. The number of hydrogen-bond donors (Lipinski definition) is 1. The van der Waals surface area contributed by atoms with Crippen LogP contribution in [0.25, 0.3) is 0 Å². The van der Waals surface area contributed by atoms with Crippen molar-refractivity contribution in [2.75, 3.05) is 31.1 Å². The van der Waals surface area contributed by atoms with E-state index in [1.54, 1.807) is 17.0 Å². The third kappa shape index (κ3) is 4.23. The number of rotatable bonds is 3. The molecule has 2 aromatic rings. The second kappa shape index (κ2) is 7.74. The molecule has 6 heteroatoms.